The van der Waals surface area contributed by atoms with Crippen LogP contribution in [0.5, 0.6) is 0 Å². The monoisotopic (exact) mass is 295 g/mol. The number of fused-ring (bicyclic) bond motifs is 2. The van der Waals surface area contributed by atoms with E-state index in [2.05, 4.69) is 29.8 Å². The van der Waals surface area contributed by atoms with Gasteiger partial charge < -0.3 is 16.0 Å². The highest BCUT2D eigenvalue weighted by Gasteiger charge is 2.34. The van der Waals surface area contributed by atoms with Crippen LogP contribution in [0.25, 0.3) is 0 Å². The van der Waals surface area contributed by atoms with Crippen LogP contribution in [-0.4, -0.2) is 37.0 Å². The molecule has 120 valence electrons. The summed E-state index contributed by atoms with van der Waals surface area (Å²) in [5.41, 5.74) is 0. The lowest BCUT2D eigenvalue weighted by atomic mass is 9.89. The number of hydrogen-bond donors (Lipinski definition) is 3. The van der Waals surface area contributed by atoms with Gasteiger partial charge in [-0.2, -0.15) is 0 Å². The molecule has 2 fully saturated rings. The first-order chi connectivity index (χ1) is 10.0. The van der Waals surface area contributed by atoms with Crippen LogP contribution in [0.1, 0.15) is 52.4 Å². The zero-order valence-corrected chi connectivity index (χ0v) is 13.3. The summed E-state index contributed by atoms with van der Waals surface area (Å²) < 4.78 is 0. The van der Waals surface area contributed by atoms with Gasteiger partial charge in [-0.05, 0) is 37.5 Å². The molecule has 0 spiro atoms. The van der Waals surface area contributed by atoms with E-state index >= 15 is 0 Å². The van der Waals surface area contributed by atoms with Crippen molar-refractivity contribution >= 4 is 11.8 Å². The van der Waals surface area contributed by atoms with Gasteiger partial charge in [0.05, 0.1) is 0 Å². The number of carbonyl (C=O) groups is 2. The van der Waals surface area contributed by atoms with Crippen LogP contribution < -0.4 is 16.0 Å². The Morgan fingerprint density at radius 2 is 1.76 bits per heavy atom. The molecule has 2 bridgehead atoms. The molecule has 2 aliphatic heterocycles. The fourth-order valence-corrected chi connectivity index (χ4v) is 3.40. The minimum absolute atomic E-state index is 0.0175. The van der Waals surface area contributed by atoms with Crippen LogP contribution >= 0.6 is 0 Å². The van der Waals surface area contributed by atoms with Crippen molar-refractivity contribution < 1.29 is 9.59 Å². The smallest absolute Gasteiger partial charge is 0.221 e. The van der Waals surface area contributed by atoms with Gasteiger partial charge in [0, 0.05) is 38.0 Å². The fourth-order valence-electron chi connectivity index (χ4n) is 3.40. The Labute approximate surface area is 127 Å². The SMILES string of the molecule is CC(C)CNC(=O)CCNC(=O)CC1CC2CCC(C1)N2. The van der Waals surface area contributed by atoms with Gasteiger partial charge in [-0.1, -0.05) is 13.8 Å². The molecule has 21 heavy (non-hydrogen) atoms. The quantitative estimate of drug-likeness (QED) is 0.660. The highest BCUT2D eigenvalue weighted by atomic mass is 16.2. The summed E-state index contributed by atoms with van der Waals surface area (Å²) >= 11 is 0. The summed E-state index contributed by atoms with van der Waals surface area (Å²) in [5, 5.41) is 9.33. The Morgan fingerprint density at radius 3 is 2.38 bits per heavy atom. The maximum atomic E-state index is 11.9. The Balaban J connectivity index is 1.56. The molecular formula is C16H29N3O2. The maximum absolute atomic E-state index is 11.9. The fraction of sp³-hybridized carbons (Fsp3) is 0.875. The van der Waals surface area contributed by atoms with Crippen LogP contribution in [0.3, 0.4) is 0 Å². The van der Waals surface area contributed by atoms with Gasteiger partial charge in [0.2, 0.25) is 11.8 Å². The molecule has 0 saturated carbocycles. The van der Waals surface area contributed by atoms with E-state index < -0.39 is 0 Å². The molecule has 0 aliphatic carbocycles. The lowest BCUT2D eigenvalue weighted by Gasteiger charge is -2.28. The summed E-state index contributed by atoms with van der Waals surface area (Å²) in [5.74, 6) is 1.08. The van der Waals surface area contributed by atoms with Crippen LogP contribution in [0, 0.1) is 11.8 Å². The van der Waals surface area contributed by atoms with Crippen molar-refractivity contribution in [2.24, 2.45) is 11.8 Å². The lowest BCUT2D eigenvalue weighted by molar-refractivity contribution is -0.123. The Bertz CT molecular complexity index is 359. The third-order valence-electron chi connectivity index (χ3n) is 4.43. The first kappa shape index (κ1) is 16.3. The summed E-state index contributed by atoms with van der Waals surface area (Å²) in [6.07, 6.45) is 5.76. The molecule has 0 radical (unpaired) electrons. The van der Waals surface area contributed by atoms with Gasteiger partial charge in [-0.3, -0.25) is 9.59 Å². The van der Waals surface area contributed by atoms with Crippen molar-refractivity contribution in [1.82, 2.24) is 16.0 Å². The molecule has 5 heteroatoms. The second-order valence-electron chi connectivity index (χ2n) is 6.98. The van der Waals surface area contributed by atoms with Crippen molar-refractivity contribution in [3.05, 3.63) is 0 Å². The van der Waals surface area contributed by atoms with E-state index in [-0.39, 0.29) is 11.8 Å². The molecule has 5 nitrogen and oxygen atoms in total. The van der Waals surface area contributed by atoms with Gasteiger partial charge in [0.25, 0.3) is 0 Å². The topological polar surface area (TPSA) is 70.2 Å². The van der Waals surface area contributed by atoms with Gasteiger partial charge >= 0.3 is 0 Å². The molecule has 2 amide bonds. The number of nitrogens with one attached hydrogen (secondary N) is 3. The van der Waals surface area contributed by atoms with Crippen LogP contribution in [0.15, 0.2) is 0 Å². The predicted octanol–water partition coefficient (Wildman–Crippen LogP) is 1.19. The summed E-state index contributed by atoms with van der Waals surface area (Å²) in [6.45, 7) is 5.27. The zero-order chi connectivity index (χ0) is 15.2. The third kappa shape index (κ3) is 5.65. The predicted molar refractivity (Wildman–Crippen MR) is 82.8 cm³/mol. The normalized spacial score (nSPS) is 27.7. The molecule has 2 heterocycles. The number of carbonyl (C=O) groups excluding carboxylic acids is 2. The van der Waals surface area contributed by atoms with Gasteiger partial charge in [0.1, 0.15) is 0 Å². The average Bonchev–Trinajstić information content (AvgIpc) is 2.75. The molecule has 2 aliphatic rings. The Morgan fingerprint density at radius 1 is 1.10 bits per heavy atom. The van der Waals surface area contributed by atoms with Crippen molar-refractivity contribution in [2.75, 3.05) is 13.1 Å². The van der Waals surface area contributed by atoms with E-state index in [0.717, 1.165) is 12.8 Å². The van der Waals surface area contributed by atoms with Crippen LogP contribution in [0.4, 0.5) is 0 Å². The average molecular weight is 295 g/mol. The highest BCUT2D eigenvalue weighted by molar-refractivity contribution is 5.79. The molecule has 0 aromatic rings. The summed E-state index contributed by atoms with van der Waals surface area (Å²) in [7, 11) is 0. The van der Waals surface area contributed by atoms with E-state index in [0.29, 0.717) is 49.9 Å². The van der Waals surface area contributed by atoms with E-state index in [9.17, 15) is 9.59 Å². The standard InChI is InChI=1S/C16H29N3O2/c1-11(2)10-18-15(20)5-6-17-16(21)9-12-7-13-3-4-14(8-12)19-13/h11-14,19H,3-10H2,1-2H3,(H,17,21)(H,18,20). The Hall–Kier alpha value is -1.10. The van der Waals surface area contributed by atoms with Gasteiger partial charge in [0.15, 0.2) is 0 Å². The minimum atomic E-state index is 0.0175. The van der Waals surface area contributed by atoms with Crippen LogP contribution in [0.2, 0.25) is 0 Å². The van der Waals surface area contributed by atoms with E-state index in [4.69, 9.17) is 0 Å². The molecule has 2 unspecified atom stereocenters. The van der Waals surface area contributed by atoms with Gasteiger partial charge in [-0.15, -0.1) is 0 Å². The van der Waals surface area contributed by atoms with E-state index in [1.807, 2.05) is 0 Å². The lowest BCUT2D eigenvalue weighted by Crippen LogP contribution is -2.40. The molecule has 2 saturated heterocycles. The third-order valence-corrected chi connectivity index (χ3v) is 4.43. The molecule has 2 atom stereocenters. The second kappa shape index (κ2) is 7.78. The molecule has 0 aromatic heterocycles. The van der Waals surface area contributed by atoms with Crippen molar-refractivity contribution in [1.29, 1.82) is 0 Å². The van der Waals surface area contributed by atoms with Gasteiger partial charge in [-0.25, -0.2) is 0 Å². The number of hydrogen-bond acceptors (Lipinski definition) is 3. The van der Waals surface area contributed by atoms with Crippen molar-refractivity contribution in [3.8, 4) is 0 Å². The summed E-state index contributed by atoms with van der Waals surface area (Å²) in [6, 6.07) is 1.26. The molecular weight excluding hydrogens is 266 g/mol. The van der Waals surface area contributed by atoms with E-state index in [1.165, 1.54) is 12.8 Å². The summed E-state index contributed by atoms with van der Waals surface area (Å²) in [4.78, 5) is 23.5. The number of piperidine rings is 1. The largest absolute Gasteiger partial charge is 0.356 e. The molecule has 2 rings (SSSR count). The maximum Gasteiger partial charge on any atom is 0.221 e. The highest BCUT2D eigenvalue weighted by Crippen LogP contribution is 2.32. The minimum Gasteiger partial charge on any atom is -0.356 e. The second-order valence-corrected chi connectivity index (χ2v) is 6.98. The number of amides is 2. The number of rotatable bonds is 7. The van der Waals surface area contributed by atoms with E-state index in [1.54, 1.807) is 0 Å². The zero-order valence-electron chi connectivity index (χ0n) is 13.3. The molecule has 3 N–H and O–H groups in total. The first-order valence-corrected chi connectivity index (χ1v) is 8.32. The first-order valence-electron chi connectivity index (χ1n) is 8.32. The Kier molecular flexibility index (Phi) is 6.03. The van der Waals surface area contributed by atoms with Crippen LogP contribution in [-0.2, 0) is 9.59 Å². The van der Waals surface area contributed by atoms with Crippen molar-refractivity contribution in [2.45, 2.75) is 64.5 Å². The van der Waals surface area contributed by atoms with Crippen molar-refractivity contribution in [3.63, 3.8) is 0 Å². The molecule has 0 aromatic carbocycles.